The van der Waals surface area contributed by atoms with Crippen molar-refractivity contribution < 1.29 is 14.3 Å². The Morgan fingerprint density at radius 2 is 1.81 bits per heavy atom. The van der Waals surface area contributed by atoms with E-state index in [0.717, 1.165) is 12.8 Å². The number of rotatable bonds is 4. The first kappa shape index (κ1) is 13.8. The third-order valence-electron chi connectivity index (χ3n) is 3.72. The molecule has 0 aromatic carbocycles. The number of amides is 1. The van der Waals surface area contributed by atoms with Gasteiger partial charge in [0.05, 0.1) is 5.92 Å². The molecular weight excluding hydrogens is 272 g/mol. The van der Waals surface area contributed by atoms with Gasteiger partial charge in [-0.3, -0.25) is 9.59 Å². The zero-order valence-electron chi connectivity index (χ0n) is 11.8. The van der Waals surface area contributed by atoms with E-state index in [1.165, 1.54) is 0 Å². The molecule has 0 unspecified atom stereocenters. The predicted octanol–water partition coefficient (Wildman–Crippen LogP) is 0.0784. The number of ether oxygens (including phenoxy) is 1. The SMILES string of the molecule is O=C(OCC(=O)N1CCN(c2ncccn2)CC1)C1CC1. The molecule has 2 aliphatic rings. The zero-order valence-corrected chi connectivity index (χ0v) is 11.8. The fourth-order valence-electron chi connectivity index (χ4n) is 2.27. The van der Waals surface area contributed by atoms with Crippen LogP contribution < -0.4 is 4.90 Å². The van der Waals surface area contributed by atoms with Crippen molar-refractivity contribution >= 4 is 17.8 Å². The highest BCUT2D eigenvalue weighted by Gasteiger charge is 2.32. The van der Waals surface area contributed by atoms with E-state index in [4.69, 9.17) is 4.74 Å². The van der Waals surface area contributed by atoms with E-state index >= 15 is 0 Å². The molecule has 1 saturated carbocycles. The van der Waals surface area contributed by atoms with Gasteiger partial charge in [0.15, 0.2) is 6.61 Å². The van der Waals surface area contributed by atoms with Crippen LogP contribution in [0.15, 0.2) is 18.5 Å². The number of anilines is 1. The first-order valence-corrected chi connectivity index (χ1v) is 7.20. The van der Waals surface area contributed by atoms with E-state index in [-0.39, 0.29) is 24.4 Å². The molecule has 1 aromatic heterocycles. The molecule has 1 aliphatic carbocycles. The topological polar surface area (TPSA) is 75.6 Å². The van der Waals surface area contributed by atoms with Gasteiger partial charge in [-0.2, -0.15) is 0 Å². The van der Waals surface area contributed by atoms with Crippen molar-refractivity contribution in [3.05, 3.63) is 18.5 Å². The van der Waals surface area contributed by atoms with Crippen LogP contribution in [0.1, 0.15) is 12.8 Å². The lowest BCUT2D eigenvalue weighted by Gasteiger charge is -2.34. The average Bonchev–Trinajstić information content (AvgIpc) is 3.38. The lowest BCUT2D eigenvalue weighted by molar-refractivity contribution is -0.153. The van der Waals surface area contributed by atoms with Gasteiger partial charge in [0, 0.05) is 38.6 Å². The Morgan fingerprint density at radius 3 is 2.43 bits per heavy atom. The van der Waals surface area contributed by atoms with Crippen LogP contribution in [-0.4, -0.2) is 59.5 Å². The fraction of sp³-hybridized carbons (Fsp3) is 0.571. The summed E-state index contributed by atoms with van der Waals surface area (Å²) in [5.74, 6) is 0.354. The van der Waals surface area contributed by atoms with Gasteiger partial charge < -0.3 is 14.5 Å². The van der Waals surface area contributed by atoms with Crippen LogP contribution in [0.5, 0.6) is 0 Å². The van der Waals surface area contributed by atoms with Crippen molar-refractivity contribution in [3.8, 4) is 0 Å². The van der Waals surface area contributed by atoms with Gasteiger partial charge in [0.2, 0.25) is 5.95 Å². The molecule has 0 N–H and O–H groups in total. The quantitative estimate of drug-likeness (QED) is 0.731. The molecule has 7 nitrogen and oxygen atoms in total. The first-order valence-electron chi connectivity index (χ1n) is 7.20. The maximum Gasteiger partial charge on any atom is 0.309 e. The summed E-state index contributed by atoms with van der Waals surface area (Å²) in [5, 5.41) is 0. The van der Waals surface area contributed by atoms with E-state index in [2.05, 4.69) is 9.97 Å². The normalized spacial score (nSPS) is 18.5. The fourth-order valence-corrected chi connectivity index (χ4v) is 2.27. The number of piperazine rings is 1. The third kappa shape index (κ3) is 3.48. The van der Waals surface area contributed by atoms with Crippen LogP contribution in [0.3, 0.4) is 0 Å². The van der Waals surface area contributed by atoms with Crippen LogP contribution in [-0.2, 0) is 14.3 Å². The summed E-state index contributed by atoms with van der Waals surface area (Å²) in [7, 11) is 0. The van der Waals surface area contributed by atoms with E-state index in [9.17, 15) is 9.59 Å². The molecule has 0 bridgehead atoms. The Balaban J connectivity index is 1.44. The summed E-state index contributed by atoms with van der Waals surface area (Å²) < 4.78 is 5.02. The van der Waals surface area contributed by atoms with Crippen molar-refractivity contribution in [1.82, 2.24) is 14.9 Å². The van der Waals surface area contributed by atoms with Gasteiger partial charge in [0.1, 0.15) is 0 Å². The van der Waals surface area contributed by atoms with Crippen LogP contribution in [0, 0.1) is 5.92 Å². The summed E-state index contributed by atoms with van der Waals surface area (Å²) in [6.45, 7) is 2.42. The number of esters is 1. The van der Waals surface area contributed by atoms with Crippen molar-refractivity contribution in [1.29, 1.82) is 0 Å². The highest BCUT2D eigenvalue weighted by molar-refractivity contribution is 5.82. The van der Waals surface area contributed by atoms with Crippen molar-refractivity contribution in [2.24, 2.45) is 5.92 Å². The lowest BCUT2D eigenvalue weighted by Crippen LogP contribution is -2.50. The van der Waals surface area contributed by atoms with E-state index in [1.54, 1.807) is 23.4 Å². The summed E-state index contributed by atoms with van der Waals surface area (Å²) in [6.07, 6.45) is 5.19. The van der Waals surface area contributed by atoms with E-state index < -0.39 is 0 Å². The minimum Gasteiger partial charge on any atom is -0.455 e. The molecule has 1 aliphatic heterocycles. The molecule has 0 spiro atoms. The predicted molar refractivity (Wildman–Crippen MR) is 74.5 cm³/mol. The summed E-state index contributed by atoms with van der Waals surface area (Å²) in [5.41, 5.74) is 0. The molecule has 1 aromatic rings. The number of carbonyl (C=O) groups is 2. The van der Waals surface area contributed by atoms with Crippen LogP contribution >= 0.6 is 0 Å². The van der Waals surface area contributed by atoms with Crippen LogP contribution in [0.2, 0.25) is 0 Å². The van der Waals surface area contributed by atoms with Crippen molar-refractivity contribution in [2.75, 3.05) is 37.7 Å². The molecular formula is C14H18N4O3. The van der Waals surface area contributed by atoms with Crippen molar-refractivity contribution in [3.63, 3.8) is 0 Å². The maximum absolute atomic E-state index is 12.0. The summed E-state index contributed by atoms with van der Waals surface area (Å²) >= 11 is 0. The minimum absolute atomic E-state index is 0.0323. The zero-order chi connectivity index (χ0) is 14.7. The summed E-state index contributed by atoms with van der Waals surface area (Å²) in [6, 6.07) is 1.78. The van der Waals surface area contributed by atoms with Crippen molar-refractivity contribution in [2.45, 2.75) is 12.8 Å². The molecule has 1 saturated heterocycles. The molecule has 3 rings (SSSR count). The highest BCUT2D eigenvalue weighted by atomic mass is 16.5. The monoisotopic (exact) mass is 290 g/mol. The number of aromatic nitrogens is 2. The molecule has 2 heterocycles. The second-order valence-corrected chi connectivity index (χ2v) is 5.30. The molecule has 7 heteroatoms. The molecule has 112 valence electrons. The van der Waals surface area contributed by atoms with Crippen LogP contribution in [0.25, 0.3) is 0 Å². The second-order valence-electron chi connectivity index (χ2n) is 5.30. The van der Waals surface area contributed by atoms with Gasteiger partial charge in [-0.15, -0.1) is 0 Å². The molecule has 0 atom stereocenters. The van der Waals surface area contributed by atoms with E-state index in [1.807, 2.05) is 4.90 Å². The highest BCUT2D eigenvalue weighted by Crippen LogP contribution is 2.30. The largest absolute Gasteiger partial charge is 0.455 e. The summed E-state index contributed by atoms with van der Waals surface area (Å²) in [4.78, 5) is 35.6. The molecule has 2 fully saturated rings. The van der Waals surface area contributed by atoms with E-state index in [0.29, 0.717) is 32.1 Å². The number of hydrogen-bond acceptors (Lipinski definition) is 6. The number of nitrogens with zero attached hydrogens (tertiary/aromatic N) is 4. The second kappa shape index (κ2) is 6.07. The third-order valence-corrected chi connectivity index (χ3v) is 3.72. The smallest absolute Gasteiger partial charge is 0.309 e. The standard InChI is InChI=1S/C14H18N4O3/c19-12(10-21-13(20)11-2-3-11)17-6-8-18(9-7-17)14-15-4-1-5-16-14/h1,4-5,11H,2-3,6-10H2. The van der Waals surface area contributed by atoms with Gasteiger partial charge >= 0.3 is 5.97 Å². The average molecular weight is 290 g/mol. The Hall–Kier alpha value is -2.18. The van der Waals surface area contributed by atoms with Crippen LogP contribution in [0.4, 0.5) is 5.95 Å². The Labute approximate surface area is 122 Å². The maximum atomic E-state index is 12.0. The van der Waals surface area contributed by atoms with Gasteiger partial charge in [-0.1, -0.05) is 0 Å². The Morgan fingerprint density at radius 1 is 1.14 bits per heavy atom. The van der Waals surface area contributed by atoms with Gasteiger partial charge in [0.25, 0.3) is 5.91 Å². The lowest BCUT2D eigenvalue weighted by atomic mass is 10.3. The minimum atomic E-state index is -0.236. The Kier molecular flexibility index (Phi) is 3.98. The molecule has 1 amide bonds. The number of hydrogen-bond donors (Lipinski definition) is 0. The number of carbonyl (C=O) groups excluding carboxylic acids is 2. The first-order chi connectivity index (χ1) is 10.2. The molecule has 0 radical (unpaired) electrons. The Bertz CT molecular complexity index is 510. The van der Waals surface area contributed by atoms with Gasteiger partial charge in [-0.25, -0.2) is 9.97 Å². The molecule has 21 heavy (non-hydrogen) atoms. The van der Waals surface area contributed by atoms with Gasteiger partial charge in [-0.05, 0) is 18.9 Å².